The Hall–Kier alpha value is -0.980. The van der Waals surface area contributed by atoms with Crippen LogP contribution in [0.2, 0.25) is 0 Å². The van der Waals surface area contributed by atoms with Crippen molar-refractivity contribution < 1.29 is 12.8 Å². The standard InChI is InChI=1S/C14H23FN2O2S/c1-5-17(6-2)20(18,19)14-8-7-12(9-13(14)15)10-16-11(3)4/h7-9,11,16H,5-6,10H2,1-4H3. The minimum absolute atomic E-state index is 0.255. The van der Waals surface area contributed by atoms with Crippen LogP contribution in [0.25, 0.3) is 0 Å². The molecule has 4 nitrogen and oxygen atoms in total. The lowest BCUT2D eigenvalue weighted by Crippen LogP contribution is -2.31. The first kappa shape index (κ1) is 17.1. The summed E-state index contributed by atoms with van der Waals surface area (Å²) in [7, 11) is -3.74. The van der Waals surface area contributed by atoms with Gasteiger partial charge < -0.3 is 5.32 Å². The van der Waals surface area contributed by atoms with Gasteiger partial charge in [-0.15, -0.1) is 0 Å². The minimum Gasteiger partial charge on any atom is -0.310 e. The molecule has 114 valence electrons. The van der Waals surface area contributed by atoms with Gasteiger partial charge >= 0.3 is 0 Å². The van der Waals surface area contributed by atoms with Crippen LogP contribution in [0, 0.1) is 5.82 Å². The number of nitrogens with one attached hydrogen (secondary N) is 1. The fourth-order valence-corrected chi connectivity index (χ4v) is 3.39. The molecule has 0 atom stereocenters. The lowest BCUT2D eigenvalue weighted by molar-refractivity contribution is 0.439. The molecule has 1 rings (SSSR count). The van der Waals surface area contributed by atoms with E-state index in [1.54, 1.807) is 19.9 Å². The Morgan fingerprint density at radius 3 is 2.30 bits per heavy atom. The quantitative estimate of drug-likeness (QED) is 0.841. The third-order valence-electron chi connectivity index (χ3n) is 3.03. The molecule has 0 amide bonds. The van der Waals surface area contributed by atoms with Crippen molar-refractivity contribution in [2.24, 2.45) is 0 Å². The molecule has 0 aliphatic heterocycles. The summed E-state index contributed by atoms with van der Waals surface area (Å²) in [6.07, 6.45) is 0. The van der Waals surface area contributed by atoms with E-state index < -0.39 is 15.8 Å². The highest BCUT2D eigenvalue weighted by molar-refractivity contribution is 7.89. The monoisotopic (exact) mass is 302 g/mol. The summed E-state index contributed by atoms with van der Waals surface area (Å²) < 4.78 is 39.8. The van der Waals surface area contributed by atoms with Crippen LogP contribution >= 0.6 is 0 Å². The largest absolute Gasteiger partial charge is 0.310 e. The molecule has 1 aromatic carbocycles. The van der Waals surface area contributed by atoms with Crippen LogP contribution in [-0.2, 0) is 16.6 Å². The molecule has 6 heteroatoms. The van der Waals surface area contributed by atoms with Gasteiger partial charge in [0.1, 0.15) is 10.7 Å². The zero-order chi connectivity index (χ0) is 15.3. The van der Waals surface area contributed by atoms with Crippen LogP contribution in [0.15, 0.2) is 23.1 Å². The molecule has 1 aromatic rings. The second-order valence-corrected chi connectivity index (χ2v) is 6.80. The highest BCUT2D eigenvalue weighted by Gasteiger charge is 2.25. The highest BCUT2D eigenvalue weighted by atomic mass is 32.2. The number of hydrogen-bond donors (Lipinski definition) is 1. The predicted molar refractivity (Wildman–Crippen MR) is 78.5 cm³/mol. The van der Waals surface area contributed by atoms with E-state index >= 15 is 0 Å². The van der Waals surface area contributed by atoms with Gasteiger partial charge in [0.15, 0.2) is 0 Å². The molecule has 0 fully saturated rings. The summed E-state index contributed by atoms with van der Waals surface area (Å²) in [4.78, 5) is -0.255. The van der Waals surface area contributed by atoms with Gasteiger partial charge in [-0.3, -0.25) is 0 Å². The Balaban J connectivity index is 3.04. The van der Waals surface area contributed by atoms with Gasteiger partial charge in [0, 0.05) is 25.7 Å². The molecule has 0 spiro atoms. The number of nitrogens with zero attached hydrogens (tertiary/aromatic N) is 1. The molecule has 20 heavy (non-hydrogen) atoms. The van der Waals surface area contributed by atoms with Crippen LogP contribution < -0.4 is 5.32 Å². The molecule has 0 heterocycles. The summed E-state index contributed by atoms with van der Waals surface area (Å²) in [5.41, 5.74) is 0.731. The molecular formula is C14H23FN2O2S. The fraction of sp³-hybridized carbons (Fsp3) is 0.571. The van der Waals surface area contributed by atoms with Gasteiger partial charge in [-0.25, -0.2) is 12.8 Å². The Labute approximate surface area is 121 Å². The highest BCUT2D eigenvalue weighted by Crippen LogP contribution is 2.20. The maximum absolute atomic E-state index is 14.1. The molecule has 0 aromatic heterocycles. The van der Waals surface area contributed by atoms with E-state index in [4.69, 9.17) is 0 Å². The SMILES string of the molecule is CCN(CC)S(=O)(=O)c1ccc(CNC(C)C)cc1F. The third-order valence-corrected chi connectivity index (χ3v) is 5.12. The van der Waals surface area contributed by atoms with E-state index in [1.807, 2.05) is 13.8 Å². The minimum atomic E-state index is -3.74. The van der Waals surface area contributed by atoms with Gasteiger partial charge in [0.2, 0.25) is 10.0 Å². The van der Waals surface area contributed by atoms with Crippen molar-refractivity contribution in [2.45, 2.75) is 45.2 Å². The third kappa shape index (κ3) is 4.01. The summed E-state index contributed by atoms with van der Waals surface area (Å²) in [6.45, 7) is 8.63. The second kappa shape index (κ2) is 7.15. The molecule has 0 bridgehead atoms. The van der Waals surface area contributed by atoms with Crippen LogP contribution in [-0.4, -0.2) is 31.9 Å². The van der Waals surface area contributed by atoms with E-state index in [1.165, 1.54) is 16.4 Å². The van der Waals surface area contributed by atoms with E-state index in [-0.39, 0.29) is 10.9 Å². The molecule has 0 aliphatic carbocycles. The normalized spacial score (nSPS) is 12.3. The fourth-order valence-electron chi connectivity index (χ4n) is 1.89. The van der Waals surface area contributed by atoms with Crippen LogP contribution in [0.5, 0.6) is 0 Å². The van der Waals surface area contributed by atoms with Gasteiger partial charge in [-0.05, 0) is 17.7 Å². The van der Waals surface area contributed by atoms with Gasteiger partial charge in [0.05, 0.1) is 0 Å². The number of benzene rings is 1. The second-order valence-electron chi connectivity index (χ2n) is 4.89. The van der Waals surface area contributed by atoms with Crippen molar-refractivity contribution in [3.8, 4) is 0 Å². The summed E-state index contributed by atoms with van der Waals surface area (Å²) in [5.74, 6) is -0.694. The van der Waals surface area contributed by atoms with E-state index in [0.29, 0.717) is 19.6 Å². The lowest BCUT2D eigenvalue weighted by atomic mass is 10.2. The number of halogens is 1. The molecular weight excluding hydrogens is 279 g/mol. The molecule has 0 saturated carbocycles. The van der Waals surface area contributed by atoms with Crippen molar-refractivity contribution in [1.29, 1.82) is 0 Å². The van der Waals surface area contributed by atoms with Gasteiger partial charge in [-0.2, -0.15) is 4.31 Å². The Kier molecular flexibility index (Phi) is 6.10. The van der Waals surface area contributed by atoms with Crippen molar-refractivity contribution in [1.82, 2.24) is 9.62 Å². The van der Waals surface area contributed by atoms with E-state index in [2.05, 4.69) is 5.32 Å². The van der Waals surface area contributed by atoms with Crippen molar-refractivity contribution in [3.63, 3.8) is 0 Å². The van der Waals surface area contributed by atoms with Crippen LogP contribution in [0.4, 0.5) is 4.39 Å². The molecule has 0 aliphatic rings. The maximum atomic E-state index is 14.1. The topological polar surface area (TPSA) is 49.4 Å². The van der Waals surface area contributed by atoms with Crippen molar-refractivity contribution >= 4 is 10.0 Å². The van der Waals surface area contributed by atoms with Crippen molar-refractivity contribution in [2.75, 3.05) is 13.1 Å². The first-order valence-corrected chi connectivity index (χ1v) is 8.28. The smallest absolute Gasteiger partial charge is 0.245 e. The number of sulfonamides is 1. The number of hydrogen-bond acceptors (Lipinski definition) is 3. The predicted octanol–water partition coefficient (Wildman–Crippen LogP) is 2.35. The zero-order valence-electron chi connectivity index (χ0n) is 12.5. The zero-order valence-corrected chi connectivity index (χ0v) is 13.3. The molecule has 0 unspecified atom stereocenters. The number of rotatable bonds is 7. The Morgan fingerprint density at radius 1 is 1.25 bits per heavy atom. The summed E-state index contributed by atoms with van der Waals surface area (Å²) in [6, 6.07) is 4.57. The first-order chi connectivity index (χ1) is 9.32. The van der Waals surface area contributed by atoms with E-state index in [0.717, 1.165) is 5.56 Å². The molecule has 0 radical (unpaired) electrons. The average molecular weight is 302 g/mol. The van der Waals surface area contributed by atoms with E-state index in [9.17, 15) is 12.8 Å². The van der Waals surface area contributed by atoms with Gasteiger partial charge in [0.25, 0.3) is 0 Å². The lowest BCUT2D eigenvalue weighted by Gasteiger charge is -2.19. The Bertz CT molecular complexity index is 540. The maximum Gasteiger partial charge on any atom is 0.245 e. The van der Waals surface area contributed by atoms with Crippen LogP contribution in [0.1, 0.15) is 33.3 Å². The van der Waals surface area contributed by atoms with Crippen LogP contribution in [0.3, 0.4) is 0 Å². The molecule has 1 N–H and O–H groups in total. The average Bonchev–Trinajstić information content (AvgIpc) is 2.37. The summed E-state index contributed by atoms with van der Waals surface area (Å²) in [5, 5.41) is 3.17. The molecule has 0 saturated heterocycles. The first-order valence-electron chi connectivity index (χ1n) is 6.84. The Morgan fingerprint density at radius 2 is 1.85 bits per heavy atom. The van der Waals surface area contributed by atoms with Crippen molar-refractivity contribution in [3.05, 3.63) is 29.6 Å². The summed E-state index contributed by atoms with van der Waals surface area (Å²) >= 11 is 0. The van der Waals surface area contributed by atoms with Gasteiger partial charge in [-0.1, -0.05) is 33.8 Å².